The molecule has 1 aliphatic rings. The molecule has 0 saturated carbocycles. The van der Waals surface area contributed by atoms with Crippen LogP contribution in [0.5, 0.6) is 0 Å². The Labute approximate surface area is 104 Å². The summed E-state index contributed by atoms with van der Waals surface area (Å²) < 4.78 is 27.9. The molecule has 1 aliphatic carbocycles. The van der Waals surface area contributed by atoms with Crippen LogP contribution in [0.25, 0.3) is 0 Å². The molecule has 0 fully saturated rings. The van der Waals surface area contributed by atoms with Crippen LogP contribution in [0.3, 0.4) is 0 Å². The van der Waals surface area contributed by atoms with Gasteiger partial charge in [0.05, 0.1) is 14.3 Å². The summed E-state index contributed by atoms with van der Waals surface area (Å²) in [7, 11) is -4.88. The molecule has 0 bridgehead atoms. The Kier molecular flexibility index (Phi) is 2.96. The van der Waals surface area contributed by atoms with E-state index in [1.807, 2.05) is 18.2 Å². The van der Waals surface area contributed by atoms with E-state index in [9.17, 15) is 8.42 Å². The molecule has 0 spiro atoms. The van der Waals surface area contributed by atoms with Gasteiger partial charge in [0, 0.05) is 5.54 Å². The molecule has 0 N–H and O–H groups in total. The monoisotopic (exact) mass is 270 g/mol. The zero-order chi connectivity index (χ0) is 12.8. The van der Waals surface area contributed by atoms with E-state index in [0.29, 0.717) is 0 Å². The SMILES string of the molecule is C[Si](C)(C)C1c2ccccc2C1OS(C)(=O)=O. The quantitative estimate of drug-likeness (QED) is 0.626. The van der Waals surface area contributed by atoms with Gasteiger partial charge in [-0.15, -0.1) is 0 Å². The first-order valence-corrected chi connectivity index (χ1v) is 11.1. The third kappa shape index (κ3) is 2.46. The van der Waals surface area contributed by atoms with Gasteiger partial charge in [0.15, 0.2) is 0 Å². The average Bonchev–Trinajstić information content (AvgIpc) is 2.10. The highest BCUT2D eigenvalue weighted by Crippen LogP contribution is 2.52. The van der Waals surface area contributed by atoms with Crippen molar-refractivity contribution in [1.29, 1.82) is 0 Å². The number of hydrogen-bond donors (Lipinski definition) is 0. The van der Waals surface area contributed by atoms with E-state index in [4.69, 9.17) is 4.18 Å². The van der Waals surface area contributed by atoms with Crippen molar-refractivity contribution in [2.75, 3.05) is 6.26 Å². The van der Waals surface area contributed by atoms with Gasteiger partial charge in [-0.1, -0.05) is 43.9 Å². The molecule has 0 radical (unpaired) electrons. The highest BCUT2D eigenvalue weighted by molar-refractivity contribution is 7.86. The fourth-order valence-corrected chi connectivity index (χ4v) is 5.56. The predicted octanol–water partition coefficient (Wildman–Crippen LogP) is 2.68. The third-order valence-electron chi connectivity index (χ3n) is 3.15. The van der Waals surface area contributed by atoms with Gasteiger partial charge in [0.25, 0.3) is 10.1 Å². The Bertz CT molecular complexity index is 531. The summed E-state index contributed by atoms with van der Waals surface area (Å²) >= 11 is 0. The van der Waals surface area contributed by atoms with Crippen molar-refractivity contribution in [2.24, 2.45) is 0 Å². The molecular weight excluding hydrogens is 252 g/mol. The second-order valence-corrected chi connectivity index (χ2v) is 12.6. The fraction of sp³-hybridized carbons (Fsp3) is 0.500. The number of hydrogen-bond acceptors (Lipinski definition) is 3. The van der Waals surface area contributed by atoms with Crippen LogP contribution in [0.15, 0.2) is 24.3 Å². The maximum atomic E-state index is 11.3. The van der Waals surface area contributed by atoms with Gasteiger partial charge < -0.3 is 0 Å². The Morgan fingerprint density at radius 3 is 2.12 bits per heavy atom. The second kappa shape index (κ2) is 3.93. The van der Waals surface area contributed by atoms with Crippen LogP contribution in [0.4, 0.5) is 0 Å². The lowest BCUT2D eigenvalue weighted by atomic mass is 9.85. The van der Waals surface area contributed by atoms with E-state index in [2.05, 4.69) is 25.7 Å². The van der Waals surface area contributed by atoms with Crippen molar-refractivity contribution in [2.45, 2.75) is 31.3 Å². The highest BCUT2D eigenvalue weighted by atomic mass is 32.2. The van der Waals surface area contributed by atoms with Gasteiger partial charge in [-0.2, -0.15) is 8.42 Å². The van der Waals surface area contributed by atoms with Gasteiger partial charge in [-0.25, -0.2) is 0 Å². The standard InChI is InChI=1S/C12H18O3SSi/c1-16(13,14)15-11-9-7-5-6-8-10(9)12(11)17(2,3)4/h5-8,11-12H,1-4H3. The lowest BCUT2D eigenvalue weighted by Gasteiger charge is -2.45. The van der Waals surface area contributed by atoms with Crippen LogP contribution >= 0.6 is 0 Å². The topological polar surface area (TPSA) is 43.4 Å². The Morgan fingerprint density at radius 2 is 1.65 bits per heavy atom. The smallest absolute Gasteiger partial charge is 0.262 e. The van der Waals surface area contributed by atoms with Crippen LogP contribution in [-0.4, -0.2) is 22.7 Å². The van der Waals surface area contributed by atoms with E-state index in [1.165, 1.54) is 5.56 Å². The highest BCUT2D eigenvalue weighted by Gasteiger charge is 2.47. The average molecular weight is 270 g/mol. The van der Waals surface area contributed by atoms with E-state index in [1.54, 1.807) is 0 Å². The van der Waals surface area contributed by atoms with Crippen molar-refractivity contribution in [3.05, 3.63) is 35.4 Å². The molecule has 1 aromatic carbocycles. The second-order valence-electron chi connectivity index (χ2n) is 5.69. The molecule has 3 nitrogen and oxygen atoms in total. The van der Waals surface area contributed by atoms with E-state index < -0.39 is 18.2 Å². The largest absolute Gasteiger partial charge is 0.264 e. The summed E-state index contributed by atoms with van der Waals surface area (Å²) in [5.74, 6) is 0. The summed E-state index contributed by atoms with van der Waals surface area (Å²) in [5.41, 5.74) is 2.57. The molecule has 5 heteroatoms. The molecule has 2 atom stereocenters. The van der Waals surface area contributed by atoms with Crippen LogP contribution in [0.1, 0.15) is 22.8 Å². The maximum absolute atomic E-state index is 11.3. The molecule has 0 saturated heterocycles. The Hall–Kier alpha value is -0.653. The summed E-state index contributed by atoms with van der Waals surface area (Å²) in [6, 6.07) is 7.97. The predicted molar refractivity (Wildman–Crippen MR) is 71.2 cm³/mol. The van der Waals surface area contributed by atoms with Crippen LogP contribution in [0, 0.1) is 0 Å². The summed E-state index contributed by atoms with van der Waals surface area (Å²) in [5, 5.41) is 0. The van der Waals surface area contributed by atoms with Crippen molar-refractivity contribution in [1.82, 2.24) is 0 Å². The van der Waals surface area contributed by atoms with Crippen LogP contribution in [0.2, 0.25) is 19.6 Å². The van der Waals surface area contributed by atoms with Gasteiger partial charge >= 0.3 is 0 Å². The van der Waals surface area contributed by atoms with Gasteiger partial charge in [0.1, 0.15) is 6.10 Å². The van der Waals surface area contributed by atoms with Crippen LogP contribution < -0.4 is 0 Å². The lowest BCUT2D eigenvalue weighted by molar-refractivity contribution is 0.180. The zero-order valence-corrected chi connectivity index (χ0v) is 12.4. The normalized spacial score (nSPS) is 24.0. The van der Waals surface area contributed by atoms with Gasteiger partial charge in [-0.3, -0.25) is 4.18 Å². The molecule has 2 unspecified atom stereocenters. The summed E-state index contributed by atoms with van der Waals surface area (Å²) in [6.45, 7) is 6.73. The molecule has 1 aromatic rings. The first kappa shape index (κ1) is 12.8. The number of benzene rings is 1. The first-order chi connectivity index (χ1) is 7.70. The zero-order valence-electron chi connectivity index (χ0n) is 10.6. The molecule has 94 valence electrons. The summed E-state index contributed by atoms with van der Waals surface area (Å²) in [4.78, 5) is 0. The minimum absolute atomic E-state index is 0.270. The van der Waals surface area contributed by atoms with Gasteiger partial charge in [-0.05, 0) is 11.1 Å². The Balaban J connectivity index is 2.39. The lowest BCUT2D eigenvalue weighted by Crippen LogP contribution is -2.43. The molecule has 17 heavy (non-hydrogen) atoms. The van der Waals surface area contributed by atoms with Crippen LogP contribution in [-0.2, 0) is 14.3 Å². The van der Waals surface area contributed by atoms with Crippen molar-refractivity contribution in [3.63, 3.8) is 0 Å². The molecule has 0 amide bonds. The maximum Gasteiger partial charge on any atom is 0.264 e. The minimum Gasteiger partial charge on any atom is -0.262 e. The summed E-state index contributed by atoms with van der Waals surface area (Å²) in [6.07, 6.45) is 0.850. The van der Waals surface area contributed by atoms with Crippen molar-refractivity contribution >= 4 is 18.2 Å². The van der Waals surface area contributed by atoms with Crippen molar-refractivity contribution < 1.29 is 12.6 Å². The fourth-order valence-electron chi connectivity index (χ4n) is 2.52. The molecule has 0 heterocycles. The minimum atomic E-state index is -3.40. The third-order valence-corrected chi connectivity index (χ3v) is 6.19. The molecular formula is C12H18O3SSi. The molecule has 0 aromatic heterocycles. The van der Waals surface area contributed by atoms with E-state index in [-0.39, 0.29) is 11.6 Å². The number of fused-ring (bicyclic) bond motifs is 1. The van der Waals surface area contributed by atoms with Gasteiger partial charge in [0.2, 0.25) is 0 Å². The Morgan fingerprint density at radius 1 is 1.12 bits per heavy atom. The molecule has 0 aliphatic heterocycles. The number of rotatable bonds is 3. The van der Waals surface area contributed by atoms with Crippen molar-refractivity contribution in [3.8, 4) is 0 Å². The molecule has 2 rings (SSSR count). The first-order valence-electron chi connectivity index (χ1n) is 5.67. The van der Waals surface area contributed by atoms with E-state index >= 15 is 0 Å². The van der Waals surface area contributed by atoms with E-state index in [0.717, 1.165) is 11.8 Å².